The fraction of sp³-hybridized carbons (Fsp3) is 0.150. The van der Waals surface area contributed by atoms with Crippen molar-refractivity contribution in [3.8, 4) is 0 Å². The van der Waals surface area contributed by atoms with Gasteiger partial charge in [0.25, 0.3) is 0 Å². The molecule has 0 radical (unpaired) electrons. The summed E-state index contributed by atoms with van der Waals surface area (Å²) < 4.78 is 67.8. The van der Waals surface area contributed by atoms with E-state index in [1.807, 2.05) is 0 Å². The van der Waals surface area contributed by atoms with Gasteiger partial charge in [0.1, 0.15) is 15.3 Å². The second kappa shape index (κ2) is 8.15. The lowest BCUT2D eigenvalue weighted by Crippen LogP contribution is -2.32. The molecule has 7 nitrogen and oxygen atoms in total. The zero-order chi connectivity index (χ0) is 22.2. The van der Waals surface area contributed by atoms with Crippen molar-refractivity contribution in [3.63, 3.8) is 0 Å². The van der Waals surface area contributed by atoms with Crippen LogP contribution in [0.5, 0.6) is 0 Å². The zero-order valence-corrected chi connectivity index (χ0v) is 18.4. The average molecular weight is 481 g/mol. The number of sulfonamides is 1. The molecular formula is C20H17FN2O5S3. The van der Waals surface area contributed by atoms with Gasteiger partial charge in [-0.25, -0.2) is 25.9 Å². The van der Waals surface area contributed by atoms with Crippen LogP contribution in [-0.2, 0) is 31.1 Å². The highest BCUT2D eigenvalue weighted by Gasteiger charge is 2.32. The van der Waals surface area contributed by atoms with E-state index in [9.17, 15) is 26.0 Å². The van der Waals surface area contributed by atoms with Crippen LogP contribution in [-0.4, -0.2) is 29.3 Å². The molecule has 0 unspecified atom stereocenters. The number of carbonyl (C=O) groups excluding carboxylic acids is 1. The summed E-state index contributed by atoms with van der Waals surface area (Å²) in [6, 6.07) is 12.2. The van der Waals surface area contributed by atoms with Gasteiger partial charge in [-0.1, -0.05) is 18.2 Å². The van der Waals surface area contributed by atoms with Crippen molar-refractivity contribution in [2.24, 2.45) is 0 Å². The van der Waals surface area contributed by atoms with E-state index in [2.05, 4.69) is 10.0 Å². The Morgan fingerprint density at radius 2 is 1.81 bits per heavy atom. The van der Waals surface area contributed by atoms with Gasteiger partial charge in [-0.3, -0.25) is 4.79 Å². The van der Waals surface area contributed by atoms with Crippen molar-refractivity contribution >= 4 is 42.8 Å². The summed E-state index contributed by atoms with van der Waals surface area (Å²) in [5.41, 5.74) is 1.36. The molecule has 4 rings (SSSR count). The number of carbonyl (C=O) groups is 1. The lowest BCUT2D eigenvalue weighted by molar-refractivity contribution is -0.115. The normalized spacial score (nSPS) is 14.8. The minimum Gasteiger partial charge on any atom is -0.326 e. The molecule has 0 saturated carbocycles. The van der Waals surface area contributed by atoms with E-state index in [-0.39, 0.29) is 27.0 Å². The Balaban J connectivity index is 1.64. The van der Waals surface area contributed by atoms with E-state index in [1.165, 1.54) is 36.4 Å². The number of hydrogen-bond acceptors (Lipinski definition) is 6. The maximum Gasteiger partial charge on any atom is 0.240 e. The minimum atomic E-state index is -4.06. The van der Waals surface area contributed by atoms with Crippen molar-refractivity contribution in [1.29, 1.82) is 0 Å². The highest BCUT2D eigenvalue weighted by atomic mass is 32.2. The molecule has 0 spiro atoms. The van der Waals surface area contributed by atoms with Gasteiger partial charge in [-0.2, -0.15) is 0 Å². The van der Waals surface area contributed by atoms with Gasteiger partial charge in [0.15, 0.2) is 9.84 Å². The summed E-state index contributed by atoms with van der Waals surface area (Å²) in [6.45, 7) is -0.442. The second-order valence-corrected chi connectivity index (χ2v) is 12.0. The summed E-state index contributed by atoms with van der Waals surface area (Å²) in [5, 5.41) is 2.98. The lowest BCUT2D eigenvalue weighted by Gasteiger charge is -2.18. The molecule has 2 N–H and O–H groups in total. The fourth-order valence-corrected chi connectivity index (χ4v) is 7.36. The Hall–Kier alpha value is -2.60. The quantitative estimate of drug-likeness (QED) is 0.541. The van der Waals surface area contributed by atoms with E-state index in [1.54, 1.807) is 11.4 Å². The molecule has 1 aliphatic rings. The first-order valence-electron chi connectivity index (χ1n) is 9.12. The van der Waals surface area contributed by atoms with Gasteiger partial charge in [0.05, 0.1) is 11.3 Å². The van der Waals surface area contributed by atoms with Crippen LogP contribution < -0.4 is 10.0 Å². The van der Waals surface area contributed by atoms with Crippen molar-refractivity contribution in [1.82, 2.24) is 4.72 Å². The summed E-state index contributed by atoms with van der Waals surface area (Å²) >= 11 is 1.02. The number of anilines is 1. The van der Waals surface area contributed by atoms with E-state index < -0.39 is 37.5 Å². The summed E-state index contributed by atoms with van der Waals surface area (Å²) in [6.07, 6.45) is 0.0731. The number of nitrogens with one attached hydrogen (secondary N) is 2. The maximum absolute atomic E-state index is 13.4. The first kappa shape index (κ1) is 21.6. The molecule has 2 aromatic carbocycles. The van der Waals surface area contributed by atoms with E-state index >= 15 is 0 Å². The molecular weight excluding hydrogens is 463 g/mol. The summed E-state index contributed by atoms with van der Waals surface area (Å²) in [7, 11) is -7.99. The van der Waals surface area contributed by atoms with Crippen LogP contribution in [0.25, 0.3) is 0 Å². The number of rotatable bonds is 7. The van der Waals surface area contributed by atoms with Crippen LogP contribution in [0.2, 0.25) is 0 Å². The van der Waals surface area contributed by atoms with Crippen LogP contribution in [0.15, 0.2) is 69.1 Å². The Morgan fingerprint density at radius 3 is 2.48 bits per heavy atom. The second-order valence-electron chi connectivity index (χ2n) is 6.91. The highest BCUT2D eigenvalue weighted by molar-refractivity contribution is 7.93. The minimum absolute atomic E-state index is 0.0731. The summed E-state index contributed by atoms with van der Waals surface area (Å²) in [5.74, 6) is -0.756. The molecule has 2 heterocycles. The molecule has 0 fully saturated rings. The standard InChI is InChI=1S/C20H17FN2O5S3/c21-15-5-3-13(4-6-15)18(30(25,26)20-2-1-9-29-20)12-22-31(27,28)16-7-8-17-14(10-16)11-19(24)23-17/h1-10,18,22H,11-12H2,(H,23,24)/t18-/m0/s1. The van der Waals surface area contributed by atoms with E-state index in [0.29, 0.717) is 11.3 Å². The lowest BCUT2D eigenvalue weighted by atomic mass is 10.1. The molecule has 11 heteroatoms. The van der Waals surface area contributed by atoms with Crippen LogP contribution >= 0.6 is 11.3 Å². The Labute approximate surface area is 182 Å². The molecule has 162 valence electrons. The Kier molecular flexibility index (Phi) is 5.69. The summed E-state index contributed by atoms with van der Waals surface area (Å²) in [4.78, 5) is 11.4. The van der Waals surface area contributed by atoms with Gasteiger partial charge in [-0.15, -0.1) is 11.3 Å². The third kappa shape index (κ3) is 4.40. The van der Waals surface area contributed by atoms with E-state index in [4.69, 9.17) is 0 Å². The molecule has 0 aliphatic carbocycles. The molecule has 1 atom stereocenters. The van der Waals surface area contributed by atoms with Crippen LogP contribution in [0.1, 0.15) is 16.4 Å². The number of sulfone groups is 1. The SMILES string of the molecule is O=C1Cc2cc(S(=O)(=O)NC[C@@H](c3ccc(F)cc3)S(=O)(=O)c3cccs3)ccc2N1. The van der Waals surface area contributed by atoms with Crippen molar-refractivity contribution in [2.75, 3.05) is 11.9 Å². The maximum atomic E-state index is 13.4. The molecule has 0 bridgehead atoms. The average Bonchev–Trinajstić information content (AvgIpc) is 3.38. The van der Waals surface area contributed by atoms with Gasteiger partial charge >= 0.3 is 0 Å². The Morgan fingerprint density at radius 1 is 1.06 bits per heavy atom. The monoisotopic (exact) mass is 480 g/mol. The van der Waals surface area contributed by atoms with Gasteiger partial charge < -0.3 is 5.32 Å². The predicted octanol–water partition coefficient (Wildman–Crippen LogP) is 2.88. The van der Waals surface area contributed by atoms with Gasteiger partial charge in [0, 0.05) is 12.2 Å². The van der Waals surface area contributed by atoms with E-state index in [0.717, 1.165) is 23.5 Å². The molecule has 3 aromatic rings. The molecule has 1 aliphatic heterocycles. The number of thiophene rings is 1. The molecule has 1 aromatic heterocycles. The third-order valence-corrected chi connectivity index (χ3v) is 9.82. The van der Waals surface area contributed by atoms with Gasteiger partial charge in [-0.05, 0) is 52.9 Å². The number of halogens is 1. The fourth-order valence-electron chi connectivity index (χ4n) is 3.29. The van der Waals surface area contributed by atoms with Crippen LogP contribution in [0.3, 0.4) is 0 Å². The number of hydrogen-bond donors (Lipinski definition) is 2. The van der Waals surface area contributed by atoms with Gasteiger partial charge in [0.2, 0.25) is 15.9 Å². The number of amides is 1. The molecule has 1 amide bonds. The van der Waals surface area contributed by atoms with Crippen molar-refractivity contribution < 1.29 is 26.0 Å². The topological polar surface area (TPSA) is 109 Å². The number of benzene rings is 2. The predicted molar refractivity (Wildman–Crippen MR) is 115 cm³/mol. The third-order valence-electron chi connectivity index (χ3n) is 4.86. The zero-order valence-electron chi connectivity index (χ0n) is 15.9. The smallest absolute Gasteiger partial charge is 0.240 e. The molecule has 31 heavy (non-hydrogen) atoms. The Bertz CT molecular complexity index is 1340. The van der Waals surface area contributed by atoms with Crippen LogP contribution in [0, 0.1) is 5.82 Å². The van der Waals surface area contributed by atoms with Crippen molar-refractivity contribution in [3.05, 3.63) is 76.9 Å². The first-order valence-corrected chi connectivity index (χ1v) is 13.0. The largest absolute Gasteiger partial charge is 0.326 e. The van der Waals surface area contributed by atoms with Crippen LogP contribution in [0.4, 0.5) is 10.1 Å². The number of fused-ring (bicyclic) bond motifs is 1. The highest BCUT2D eigenvalue weighted by Crippen LogP contribution is 2.32. The molecule has 0 saturated heterocycles. The van der Waals surface area contributed by atoms with Crippen molar-refractivity contribution in [2.45, 2.75) is 20.8 Å². The first-order chi connectivity index (χ1) is 14.7.